The highest BCUT2D eigenvalue weighted by molar-refractivity contribution is 6.56. The van der Waals surface area contributed by atoms with Gasteiger partial charge in [0.1, 0.15) is 5.69 Å². The fraction of sp³-hybridized carbons (Fsp3) is 0.0833. The number of pyridine rings is 1. The number of nitrogens with zero attached hydrogens (tertiary/aromatic N) is 1. The molecule has 1 aromatic heterocycles. The molecule has 0 bridgehead atoms. The highest BCUT2D eigenvalue weighted by Gasteiger charge is 2.34. The Morgan fingerprint density at radius 2 is 1.23 bits per heavy atom. The monoisotopic (exact) mass is 411 g/mol. The quantitative estimate of drug-likeness (QED) is 0.209. The van der Waals surface area contributed by atoms with E-state index in [-0.39, 0.29) is 36.2 Å². The molecule has 10 heteroatoms. The van der Waals surface area contributed by atoms with Crippen LogP contribution in [0.5, 0.6) is 0 Å². The first-order chi connectivity index (χ1) is 10.0. The largest absolute Gasteiger partial charge is 0.433 e. The highest BCUT2D eigenvalue weighted by Crippen LogP contribution is 2.48. The van der Waals surface area contributed by atoms with E-state index in [2.05, 4.69) is 4.98 Å². The zero-order chi connectivity index (χ0) is 16.8. The zero-order valence-corrected chi connectivity index (χ0v) is 13.8. The van der Waals surface area contributed by atoms with E-state index in [0.717, 1.165) is 6.07 Å². The Morgan fingerprint density at radius 3 is 1.68 bits per heavy atom. The van der Waals surface area contributed by atoms with Gasteiger partial charge in [-0.3, -0.25) is 0 Å². The summed E-state index contributed by atoms with van der Waals surface area (Å²) in [6.45, 7) is 0. The van der Waals surface area contributed by atoms with Gasteiger partial charge in [-0.25, -0.2) is 4.98 Å². The van der Waals surface area contributed by atoms with Crippen molar-refractivity contribution in [1.29, 1.82) is 0 Å². The Balaban J connectivity index is 2.81. The standard InChI is InChI=1S/C12H2Cl5F4N/c13-7-6(8(14)10(16)11(17)9(7)15)3-1-4(12(19,20)21)22-5(18)2-3/h1-2H. The van der Waals surface area contributed by atoms with Crippen molar-refractivity contribution in [3.63, 3.8) is 0 Å². The van der Waals surface area contributed by atoms with E-state index < -0.39 is 17.8 Å². The minimum Gasteiger partial charge on any atom is -0.215 e. The maximum Gasteiger partial charge on any atom is 0.433 e. The molecule has 1 aromatic carbocycles. The molecule has 0 unspecified atom stereocenters. The van der Waals surface area contributed by atoms with Crippen molar-refractivity contribution in [2.24, 2.45) is 0 Å². The van der Waals surface area contributed by atoms with Gasteiger partial charge in [-0.15, -0.1) is 0 Å². The van der Waals surface area contributed by atoms with Gasteiger partial charge in [0.25, 0.3) is 0 Å². The lowest BCUT2D eigenvalue weighted by Crippen LogP contribution is -2.09. The molecule has 1 nitrogen and oxygen atoms in total. The molecular weight excluding hydrogens is 411 g/mol. The Hall–Kier alpha value is -0.460. The maximum absolute atomic E-state index is 13.4. The van der Waals surface area contributed by atoms with Crippen molar-refractivity contribution in [3.8, 4) is 11.1 Å². The first-order valence-electron chi connectivity index (χ1n) is 5.30. The number of aromatic nitrogens is 1. The molecule has 0 aliphatic carbocycles. The van der Waals surface area contributed by atoms with Gasteiger partial charge in [-0.1, -0.05) is 58.0 Å². The van der Waals surface area contributed by atoms with Gasteiger partial charge in [0, 0.05) is 11.6 Å². The van der Waals surface area contributed by atoms with Gasteiger partial charge in [0.05, 0.1) is 25.1 Å². The molecule has 0 N–H and O–H groups in total. The second-order valence-electron chi connectivity index (χ2n) is 4.01. The van der Waals surface area contributed by atoms with Gasteiger partial charge in [0.15, 0.2) is 0 Å². The zero-order valence-electron chi connectivity index (χ0n) is 10.0. The van der Waals surface area contributed by atoms with Crippen molar-refractivity contribution in [3.05, 3.63) is 48.9 Å². The third kappa shape index (κ3) is 3.24. The van der Waals surface area contributed by atoms with Crippen LogP contribution in [0.2, 0.25) is 25.1 Å². The van der Waals surface area contributed by atoms with Crippen molar-refractivity contribution >= 4 is 58.0 Å². The molecule has 0 saturated heterocycles. The number of rotatable bonds is 1. The van der Waals surface area contributed by atoms with Crippen LogP contribution in [0.15, 0.2) is 12.1 Å². The second kappa shape index (κ2) is 6.21. The molecule has 0 amide bonds. The topological polar surface area (TPSA) is 12.9 Å². The van der Waals surface area contributed by atoms with Crippen molar-refractivity contribution in [1.82, 2.24) is 4.98 Å². The van der Waals surface area contributed by atoms with Crippen LogP contribution in [0, 0.1) is 5.95 Å². The first kappa shape index (κ1) is 17.9. The van der Waals surface area contributed by atoms with Crippen molar-refractivity contribution in [2.45, 2.75) is 6.18 Å². The van der Waals surface area contributed by atoms with Crippen molar-refractivity contribution < 1.29 is 17.6 Å². The number of hydrogen-bond donors (Lipinski definition) is 0. The SMILES string of the molecule is Fc1cc(-c2c(Cl)c(Cl)c(Cl)c(Cl)c2Cl)cc(C(F)(F)F)n1. The molecule has 0 atom stereocenters. The highest BCUT2D eigenvalue weighted by atomic mass is 35.5. The number of alkyl halides is 3. The van der Waals surface area contributed by atoms with Gasteiger partial charge < -0.3 is 0 Å². The summed E-state index contributed by atoms with van der Waals surface area (Å²) in [5.74, 6) is -1.36. The van der Waals surface area contributed by atoms with Gasteiger partial charge >= 0.3 is 6.18 Å². The van der Waals surface area contributed by atoms with Crippen LogP contribution in [0.4, 0.5) is 17.6 Å². The third-order valence-corrected chi connectivity index (χ3v) is 4.86. The smallest absolute Gasteiger partial charge is 0.215 e. The third-order valence-electron chi connectivity index (χ3n) is 2.58. The van der Waals surface area contributed by atoms with Crippen LogP contribution in [-0.2, 0) is 6.18 Å². The van der Waals surface area contributed by atoms with E-state index in [1.54, 1.807) is 0 Å². The van der Waals surface area contributed by atoms with Crippen LogP contribution in [0.1, 0.15) is 5.69 Å². The Kier molecular flexibility index (Phi) is 5.05. The lowest BCUT2D eigenvalue weighted by atomic mass is 10.1. The molecule has 118 valence electrons. The lowest BCUT2D eigenvalue weighted by molar-refractivity contribution is -0.141. The molecule has 2 rings (SSSR count). The molecule has 0 radical (unpaired) electrons. The molecule has 0 aliphatic heterocycles. The number of benzene rings is 1. The molecule has 0 spiro atoms. The maximum atomic E-state index is 13.4. The molecule has 0 saturated carbocycles. The van der Waals surface area contributed by atoms with Crippen LogP contribution in [0.25, 0.3) is 11.1 Å². The summed E-state index contributed by atoms with van der Waals surface area (Å²) in [4.78, 5) is 2.78. The Morgan fingerprint density at radius 1 is 0.773 bits per heavy atom. The average molecular weight is 413 g/mol. The molecule has 2 aromatic rings. The molecule has 1 heterocycles. The molecule has 0 aliphatic rings. The number of halogens is 9. The van der Waals surface area contributed by atoms with Crippen LogP contribution in [-0.4, -0.2) is 4.98 Å². The van der Waals surface area contributed by atoms with Crippen LogP contribution >= 0.6 is 58.0 Å². The first-order valence-corrected chi connectivity index (χ1v) is 7.19. The van der Waals surface area contributed by atoms with Gasteiger partial charge in [0.2, 0.25) is 5.95 Å². The Bertz CT molecular complexity index is 731. The van der Waals surface area contributed by atoms with E-state index in [1.165, 1.54) is 0 Å². The van der Waals surface area contributed by atoms with E-state index in [1.807, 2.05) is 0 Å². The summed E-state index contributed by atoms with van der Waals surface area (Å²) in [5.41, 5.74) is -1.90. The summed E-state index contributed by atoms with van der Waals surface area (Å²) >= 11 is 29.4. The minimum atomic E-state index is -4.85. The van der Waals surface area contributed by atoms with Crippen LogP contribution < -0.4 is 0 Å². The van der Waals surface area contributed by atoms with E-state index in [4.69, 9.17) is 58.0 Å². The van der Waals surface area contributed by atoms with Crippen LogP contribution in [0.3, 0.4) is 0 Å². The minimum absolute atomic E-state index is 0.160. The van der Waals surface area contributed by atoms with E-state index in [0.29, 0.717) is 6.07 Å². The predicted octanol–water partition coefficient (Wildman–Crippen LogP) is 7.17. The van der Waals surface area contributed by atoms with E-state index >= 15 is 0 Å². The number of hydrogen-bond acceptors (Lipinski definition) is 1. The second-order valence-corrected chi connectivity index (χ2v) is 5.90. The molecule has 22 heavy (non-hydrogen) atoms. The summed E-state index contributed by atoms with van der Waals surface area (Å²) in [6, 6.07) is 1.31. The average Bonchev–Trinajstić information content (AvgIpc) is 2.42. The predicted molar refractivity (Wildman–Crippen MR) is 79.7 cm³/mol. The van der Waals surface area contributed by atoms with E-state index in [9.17, 15) is 17.6 Å². The fourth-order valence-corrected chi connectivity index (χ4v) is 3.00. The summed E-state index contributed by atoms with van der Waals surface area (Å²) < 4.78 is 51.6. The van der Waals surface area contributed by atoms with Crippen molar-refractivity contribution in [2.75, 3.05) is 0 Å². The lowest BCUT2D eigenvalue weighted by Gasteiger charge is -2.14. The molecule has 0 fully saturated rings. The van der Waals surface area contributed by atoms with Gasteiger partial charge in [-0.2, -0.15) is 17.6 Å². The fourth-order valence-electron chi connectivity index (χ4n) is 1.64. The summed E-state index contributed by atoms with van der Waals surface area (Å²) in [5, 5.41) is -1.08. The molecular formula is C12H2Cl5F4N. The summed E-state index contributed by atoms with van der Waals surface area (Å²) in [7, 11) is 0. The normalized spacial score (nSPS) is 11.9. The van der Waals surface area contributed by atoms with Gasteiger partial charge in [-0.05, 0) is 11.6 Å². The Labute approximate surface area is 146 Å². The summed E-state index contributed by atoms with van der Waals surface area (Å²) in [6.07, 6.45) is -4.85.